The fourth-order valence-corrected chi connectivity index (χ4v) is 2.99. The lowest BCUT2D eigenvalue weighted by Gasteiger charge is -2.18. The summed E-state index contributed by atoms with van der Waals surface area (Å²) in [4.78, 5) is 12.1. The number of carbonyl (C=O) groups is 1. The zero-order valence-corrected chi connectivity index (χ0v) is 14.9. The van der Waals surface area contributed by atoms with Crippen LogP contribution in [0.3, 0.4) is 0 Å². The zero-order valence-electron chi connectivity index (χ0n) is 14.9. The smallest absolute Gasteiger partial charge is 0.258 e. The van der Waals surface area contributed by atoms with Gasteiger partial charge in [0.2, 0.25) is 0 Å². The van der Waals surface area contributed by atoms with E-state index < -0.39 is 17.7 Å². The van der Waals surface area contributed by atoms with Crippen molar-refractivity contribution in [2.75, 3.05) is 6.61 Å². The average Bonchev–Trinajstić information content (AvgIpc) is 2.89. The van der Waals surface area contributed by atoms with Crippen LogP contribution in [0.4, 0.5) is 8.78 Å². The molecule has 2 aromatic rings. The van der Waals surface area contributed by atoms with Gasteiger partial charge >= 0.3 is 0 Å². The van der Waals surface area contributed by atoms with Crippen LogP contribution < -0.4 is 14.8 Å². The minimum atomic E-state index is -0.945. The van der Waals surface area contributed by atoms with E-state index in [0.717, 1.165) is 24.1 Å². The Bertz CT molecular complexity index is 836. The molecule has 6 heteroatoms. The Balaban J connectivity index is 1.60. The predicted octanol–water partition coefficient (Wildman–Crippen LogP) is 3.93. The summed E-state index contributed by atoms with van der Waals surface area (Å²) < 4.78 is 37.8. The van der Waals surface area contributed by atoms with Gasteiger partial charge in [-0.2, -0.15) is 0 Å². The molecular weight excluding hydrogens is 340 g/mol. The maximum absolute atomic E-state index is 13.3. The van der Waals surface area contributed by atoms with Gasteiger partial charge < -0.3 is 14.8 Å². The molecule has 1 heterocycles. The number of halogens is 2. The molecule has 0 bridgehead atoms. The number of hydrogen-bond acceptors (Lipinski definition) is 3. The third-order valence-corrected chi connectivity index (χ3v) is 4.23. The van der Waals surface area contributed by atoms with Gasteiger partial charge in [-0.15, -0.1) is 0 Å². The Morgan fingerprint density at radius 3 is 2.77 bits per heavy atom. The lowest BCUT2D eigenvalue weighted by molar-refractivity contribution is -0.123. The van der Waals surface area contributed by atoms with Crippen LogP contribution in [0.5, 0.6) is 11.5 Å². The second-order valence-corrected chi connectivity index (χ2v) is 7.03. The molecule has 0 aromatic heterocycles. The summed E-state index contributed by atoms with van der Waals surface area (Å²) in [7, 11) is 0. The topological polar surface area (TPSA) is 47.6 Å². The first-order chi connectivity index (χ1) is 12.2. The van der Waals surface area contributed by atoms with E-state index in [-0.39, 0.29) is 18.1 Å². The maximum Gasteiger partial charge on any atom is 0.258 e. The standard InChI is InChI=1S/C20H21F2NO3/c1-12(13-7-8-15(21)16(22)9-13)23-18(24)11-25-17-6-4-5-14-10-20(2,3)26-19(14)17/h4-9,12H,10-11H2,1-3H3,(H,23,24). The number of rotatable bonds is 5. The lowest BCUT2D eigenvalue weighted by Crippen LogP contribution is -2.31. The highest BCUT2D eigenvalue weighted by atomic mass is 19.2. The number of fused-ring (bicyclic) bond motifs is 1. The fraction of sp³-hybridized carbons (Fsp3) is 0.350. The van der Waals surface area contributed by atoms with Crippen LogP contribution >= 0.6 is 0 Å². The number of ether oxygens (including phenoxy) is 2. The number of amides is 1. The van der Waals surface area contributed by atoms with E-state index in [1.165, 1.54) is 6.07 Å². The Hall–Kier alpha value is -2.63. The zero-order chi connectivity index (χ0) is 18.9. The van der Waals surface area contributed by atoms with Gasteiger partial charge in [0.15, 0.2) is 29.7 Å². The van der Waals surface area contributed by atoms with Crippen LogP contribution in [0, 0.1) is 11.6 Å². The molecule has 1 amide bonds. The quantitative estimate of drug-likeness (QED) is 0.878. The van der Waals surface area contributed by atoms with Gasteiger partial charge in [-0.05, 0) is 44.5 Å². The van der Waals surface area contributed by atoms with Crippen LogP contribution in [-0.4, -0.2) is 18.1 Å². The van der Waals surface area contributed by atoms with Crippen molar-refractivity contribution in [1.29, 1.82) is 0 Å². The molecule has 26 heavy (non-hydrogen) atoms. The summed E-state index contributed by atoms with van der Waals surface area (Å²) in [6, 6.07) is 8.66. The molecule has 1 aliphatic heterocycles. The molecule has 0 saturated carbocycles. The summed E-state index contributed by atoms with van der Waals surface area (Å²) in [5.41, 5.74) is 1.22. The highest BCUT2D eigenvalue weighted by molar-refractivity contribution is 5.78. The first kappa shape index (κ1) is 18.2. The highest BCUT2D eigenvalue weighted by Crippen LogP contribution is 2.41. The highest BCUT2D eigenvalue weighted by Gasteiger charge is 2.32. The molecule has 2 aromatic carbocycles. The summed E-state index contributed by atoms with van der Waals surface area (Å²) in [5, 5.41) is 2.70. The first-order valence-electron chi connectivity index (χ1n) is 8.43. The van der Waals surface area contributed by atoms with Crippen LogP contribution in [-0.2, 0) is 11.2 Å². The van der Waals surface area contributed by atoms with Crippen LogP contribution in [0.1, 0.15) is 37.9 Å². The molecule has 1 aliphatic rings. The van der Waals surface area contributed by atoms with Crippen molar-refractivity contribution < 1.29 is 23.0 Å². The van der Waals surface area contributed by atoms with Crippen molar-refractivity contribution >= 4 is 5.91 Å². The molecule has 1 atom stereocenters. The Morgan fingerprint density at radius 2 is 2.04 bits per heavy atom. The number of carbonyl (C=O) groups excluding carboxylic acids is 1. The number of nitrogens with one attached hydrogen (secondary N) is 1. The van der Waals surface area contributed by atoms with Gasteiger partial charge in [0.05, 0.1) is 6.04 Å². The first-order valence-corrected chi connectivity index (χ1v) is 8.43. The molecule has 0 spiro atoms. The van der Waals surface area contributed by atoms with Crippen LogP contribution in [0.25, 0.3) is 0 Å². The number of hydrogen-bond donors (Lipinski definition) is 1. The summed E-state index contributed by atoms with van der Waals surface area (Å²) in [6.07, 6.45) is 0.777. The largest absolute Gasteiger partial charge is 0.483 e. The van der Waals surface area contributed by atoms with E-state index in [9.17, 15) is 13.6 Å². The number of para-hydroxylation sites is 1. The van der Waals surface area contributed by atoms with Gasteiger partial charge in [-0.25, -0.2) is 8.78 Å². The van der Waals surface area contributed by atoms with Crippen molar-refractivity contribution in [2.45, 2.75) is 38.8 Å². The van der Waals surface area contributed by atoms with E-state index in [2.05, 4.69) is 5.32 Å². The molecule has 1 unspecified atom stereocenters. The van der Waals surface area contributed by atoms with E-state index in [1.807, 2.05) is 26.0 Å². The van der Waals surface area contributed by atoms with E-state index >= 15 is 0 Å². The van der Waals surface area contributed by atoms with Gasteiger partial charge in [0, 0.05) is 12.0 Å². The minimum absolute atomic E-state index is 0.200. The van der Waals surface area contributed by atoms with Gasteiger partial charge in [-0.3, -0.25) is 4.79 Å². The molecule has 3 rings (SSSR count). The Morgan fingerprint density at radius 1 is 1.27 bits per heavy atom. The average molecular weight is 361 g/mol. The molecule has 0 radical (unpaired) electrons. The van der Waals surface area contributed by atoms with Gasteiger partial charge in [0.25, 0.3) is 5.91 Å². The van der Waals surface area contributed by atoms with Crippen LogP contribution in [0.2, 0.25) is 0 Å². The SMILES string of the molecule is CC(NC(=O)COc1cccc2c1OC(C)(C)C2)c1ccc(F)c(F)c1. The third kappa shape index (κ3) is 3.95. The van der Waals surface area contributed by atoms with Crippen molar-refractivity contribution in [3.8, 4) is 11.5 Å². The van der Waals surface area contributed by atoms with Crippen molar-refractivity contribution in [2.24, 2.45) is 0 Å². The second kappa shape index (κ2) is 6.94. The molecule has 0 saturated heterocycles. The van der Waals surface area contributed by atoms with E-state index in [0.29, 0.717) is 17.1 Å². The Kier molecular flexibility index (Phi) is 4.85. The molecule has 1 N–H and O–H groups in total. The number of benzene rings is 2. The summed E-state index contributed by atoms with van der Waals surface area (Å²) in [6.45, 7) is 5.48. The van der Waals surface area contributed by atoms with Crippen molar-refractivity contribution in [3.63, 3.8) is 0 Å². The summed E-state index contributed by atoms with van der Waals surface area (Å²) in [5.74, 6) is -1.05. The molecule has 0 fully saturated rings. The molecule has 0 aliphatic carbocycles. The summed E-state index contributed by atoms with van der Waals surface area (Å²) >= 11 is 0. The fourth-order valence-electron chi connectivity index (χ4n) is 2.99. The van der Waals surface area contributed by atoms with Gasteiger partial charge in [0.1, 0.15) is 5.60 Å². The van der Waals surface area contributed by atoms with Gasteiger partial charge in [-0.1, -0.05) is 18.2 Å². The monoisotopic (exact) mass is 361 g/mol. The molecule has 138 valence electrons. The Labute approximate surface area is 151 Å². The maximum atomic E-state index is 13.3. The van der Waals surface area contributed by atoms with Crippen LogP contribution in [0.15, 0.2) is 36.4 Å². The van der Waals surface area contributed by atoms with Crippen molar-refractivity contribution in [3.05, 3.63) is 59.2 Å². The minimum Gasteiger partial charge on any atom is -0.483 e. The lowest BCUT2D eigenvalue weighted by atomic mass is 10.0. The van der Waals surface area contributed by atoms with E-state index in [4.69, 9.17) is 9.47 Å². The van der Waals surface area contributed by atoms with Crippen molar-refractivity contribution in [1.82, 2.24) is 5.32 Å². The predicted molar refractivity (Wildman–Crippen MR) is 93.3 cm³/mol. The third-order valence-electron chi connectivity index (χ3n) is 4.23. The van der Waals surface area contributed by atoms with E-state index in [1.54, 1.807) is 13.0 Å². The molecule has 4 nitrogen and oxygen atoms in total. The normalized spacial score (nSPS) is 15.7. The molecular formula is C20H21F2NO3. The second-order valence-electron chi connectivity index (χ2n) is 7.03.